The van der Waals surface area contributed by atoms with Gasteiger partial charge in [-0.3, -0.25) is 4.79 Å². The summed E-state index contributed by atoms with van der Waals surface area (Å²) in [6.07, 6.45) is 3.07. The van der Waals surface area contributed by atoms with E-state index in [1.54, 1.807) is 0 Å². The number of piperidine rings is 1. The lowest BCUT2D eigenvalue weighted by atomic mass is 9.51. The van der Waals surface area contributed by atoms with Crippen LogP contribution in [0.3, 0.4) is 0 Å². The van der Waals surface area contributed by atoms with Crippen molar-refractivity contribution in [1.29, 1.82) is 0 Å². The lowest BCUT2D eigenvalue weighted by Gasteiger charge is -2.58. The second-order valence-electron chi connectivity index (χ2n) is 8.75. The fourth-order valence-corrected chi connectivity index (χ4v) is 6.36. The van der Waals surface area contributed by atoms with Crippen LogP contribution in [0.1, 0.15) is 37.3 Å². The predicted molar refractivity (Wildman–Crippen MR) is 103 cm³/mol. The summed E-state index contributed by atoms with van der Waals surface area (Å²) in [5.74, 6) is 0.843. The average molecular weight is 401 g/mol. The van der Waals surface area contributed by atoms with Crippen LogP contribution in [0.15, 0.2) is 12.1 Å². The highest BCUT2D eigenvalue weighted by Gasteiger charge is 2.66. The molecule has 1 saturated carbocycles. The van der Waals surface area contributed by atoms with Gasteiger partial charge in [0.1, 0.15) is 18.8 Å². The number of likely N-dealkylation sites (tertiary alicyclic amines) is 1. The molecule has 1 aromatic rings. The molecule has 2 fully saturated rings. The predicted octanol–water partition coefficient (Wildman–Crippen LogP) is 1.84. The van der Waals surface area contributed by atoms with Crippen LogP contribution in [0.5, 0.6) is 11.5 Å². The number of hydrogen-bond acceptors (Lipinski definition) is 7. The van der Waals surface area contributed by atoms with Crippen LogP contribution in [0, 0.1) is 5.92 Å². The Labute approximate surface area is 170 Å². The number of hydrogen-bond donors (Lipinski definition) is 0. The van der Waals surface area contributed by atoms with Crippen molar-refractivity contribution in [2.75, 3.05) is 27.3 Å². The van der Waals surface area contributed by atoms with Crippen molar-refractivity contribution in [3.63, 3.8) is 0 Å². The number of carbonyl (C=O) groups is 2. The molecule has 29 heavy (non-hydrogen) atoms. The van der Waals surface area contributed by atoms with E-state index in [1.165, 1.54) is 25.2 Å². The number of carbonyl (C=O) groups excluding carboxylic acids is 2. The third-order valence-corrected chi connectivity index (χ3v) is 7.32. The summed E-state index contributed by atoms with van der Waals surface area (Å²) in [5, 5.41) is 0. The van der Waals surface area contributed by atoms with Gasteiger partial charge in [0, 0.05) is 31.1 Å². The van der Waals surface area contributed by atoms with E-state index in [0.717, 1.165) is 32.2 Å². The van der Waals surface area contributed by atoms with Gasteiger partial charge in [0.2, 0.25) is 0 Å². The number of nitrogens with zero attached hydrogens (tertiary/aromatic N) is 1. The van der Waals surface area contributed by atoms with Crippen molar-refractivity contribution in [3.05, 3.63) is 23.3 Å². The van der Waals surface area contributed by atoms with Gasteiger partial charge in [0.25, 0.3) is 0 Å². The first-order valence-electron chi connectivity index (χ1n) is 10.4. The second-order valence-corrected chi connectivity index (χ2v) is 8.75. The standard InChI is InChI=1S/C22H27NO6/c1-12(24)27-16-6-4-13-10-15-14-5-7-17(28-18(25)11-26-3)21-22(14,8-9-23(15)2)19(13)20(16)29-21/h4,6,14-15,17,21H,5,7-11H2,1-3H3/t14-,15+,17?,21?,22-/m0/s1. The first kappa shape index (κ1) is 18.9. The summed E-state index contributed by atoms with van der Waals surface area (Å²) in [5.41, 5.74) is 2.24. The van der Waals surface area contributed by atoms with Crippen molar-refractivity contribution >= 4 is 11.9 Å². The molecule has 0 N–H and O–H groups in total. The summed E-state index contributed by atoms with van der Waals surface area (Å²) in [7, 11) is 3.69. The van der Waals surface area contributed by atoms with Crippen LogP contribution in [-0.4, -0.2) is 62.4 Å². The Hall–Kier alpha value is -2.12. The molecule has 7 nitrogen and oxygen atoms in total. The van der Waals surface area contributed by atoms with Gasteiger partial charge in [-0.15, -0.1) is 0 Å². The first-order chi connectivity index (χ1) is 14.0. The molecule has 0 radical (unpaired) electrons. The number of likely N-dealkylation sites (N-methyl/N-ethyl adjacent to an activating group) is 1. The smallest absolute Gasteiger partial charge is 0.332 e. The van der Waals surface area contributed by atoms with Crippen molar-refractivity contribution in [3.8, 4) is 11.5 Å². The molecule has 4 aliphatic rings. The van der Waals surface area contributed by atoms with E-state index >= 15 is 0 Å². The number of esters is 2. The van der Waals surface area contributed by atoms with Crippen LogP contribution >= 0.6 is 0 Å². The molecule has 0 aromatic heterocycles. The monoisotopic (exact) mass is 401 g/mol. The Morgan fingerprint density at radius 2 is 2.14 bits per heavy atom. The van der Waals surface area contributed by atoms with Crippen molar-refractivity contribution < 1.29 is 28.5 Å². The van der Waals surface area contributed by atoms with E-state index in [2.05, 4.69) is 18.0 Å². The molecule has 2 bridgehead atoms. The van der Waals surface area contributed by atoms with Gasteiger partial charge in [-0.2, -0.15) is 0 Å². The van der Waals surface area contributed by atoms with E-state index in [-0.39, 0.29) is 36.2 Å². The zero-order valence-corrected chi connectivity index (χ0v) is 17.1. The topological polar surface area (TPSA) is 74.3 Å². The molecule has 1 aromatic carbocycles. The van der Waals surface area contributed by atoms with Crippen molar-refractivity contribution in [2.45, 2.75) is 56.3 Å². The molecular weight excluding hydrogens is 374 g/mol. The van der Waals surface area contributed by atoms with E-state index in [0.29, 0.717) is 23.5 Å². The van der Waals surface area contributed by atoms with Gasteiger partial charge < -0.3 is 23.8 Å². The maximum atomic E-state index is 12.2. The van der Waals surface area contributed by atoms with Crippen LogP contribution < -0.4 is 9.47 Å². The Morgan fingerprint density at radius 1 is 1.31 bits per heavy atom. The fourth-order valence-electron chi connectivity index (χ4n) is 6.36. The normalized spacial score (nSPS) is 34.2. The third kappa shape index (κ3) is 2.63. The summed E-state index contributed by atoms with van der Waals surface area (Å²) < 4.78 is 22.8. The average Bonchev–Trinajstić information content (AvgIpc) is 3.02. The van der Waals surface area contributed by atoms with E-state index in [4.69, 9.17) is 18.9 Å². The van der Waals surface area contributed by atoms with Crippen molar-refractivity contribution in [2.24, 2.45) is 5.92 Å². The molecule has 2 unspecified atom stereocenters. The van der Waals surface area contributed by atoms with E-state index in [9.17, 15) is 9.59 Å². The largest absolute Gasteiger partial charge is 0.481 e. The number of ether oxygens (including phenoxy) is 4. The second kappa shape index (κ2) is 6.71. The van der Waals surface area contributed by atoms with Crippen LogP contribution in [0.25, 0.3) is 0 Å². The maximum absolute atomic E-state index is 12.2. The van der Waals surface area contributed by atoms with Gasteiger partial charge in [0.05, 0.1) is 0 Å². The lowest BCUT2D eigenvalue weighted by Crippen LogP contribution is -2.66. The summed E-state index contributed by atoms with van der Waals surface area (Å²) in [6.45, 7) is 2.30. The lowest BCUT2D eigenvalue weighted by molar-refractivity contribution is -0.169. The summed E-state index contributed by atoms with van der Waals surface area (Å²) >= 11 is 0. The summed E-state index contributed by atoms with van der Waals surface area (Å²) in [6, 6.07) is 4.36. The molecule has 2 aliphatic carbocycles. The summed E-state index contributed by atoms with van der Waals surface area (Å²) in [4.78, 5) is 26.3. The van der Waals surface area contributed by atoms with Gasteiger partial charge in [-0.05, 0) is 56.8 Å². The highest BCUT2D eigenvalue weighted by atomic mass is 16.6. The SMILES string of the molecule is COCC(=O)OC1CC[C@H]2[C@H]3Cc4ccc(OC(C)=O)c5c4[C@@]2(CCN3C)C1O5. The first-order valence-corrected chi connectivity index (χ1v) is 10.4. The van der Waals surface area contributed by atoms with E-state index < -0.39 is 0 Å². The maximum Gasteiger partial charge on any atom is 0.332 e. The van der Waals surface area contributed by atoms with Gasteiger partial charge in [-0.25, -0.2) is 4.79 Å². The molecule has 5 rings (SSSR count). The highest BCUT2D eigenvalue weighted by Crippen LogP contribution is 2.64. The zero-order valence-electron chi connectivity index (χ0n) is 17.1. The minimum Gasteiger partial charge on any atom is -0.481 e. The minimum atomic E-state index is -0.368. The Balaban J connectivity index is 1.61. The number of methoxy groups -OCH3 is 1. The molecule has 5 atom stereocenters. The minimum absolute atomic E-state index is 0.0676. The molecule has 7 heteroatoms. The molecular formula is C22H27NO6. The Kier molecular flexibility index (Phi) is 4.37. The third-order valence-electron chi connectivity index (χ3n) is 7.32. The van der Waals surface area contributed by atoms with Gasteiger partial charge >= 0.3 is 11.9 Å². The molecule has 2 aliphatic heterocycles. The Bertz CT molecular complexity index is 869. The molecule has 0 amide bonds. The molecule has 156 valence electrons. The van der Waals surface area contributed by atoms with Crippen molar-refractivity contribution in [1.82, 2.24) is 4.90 Å². The van der Waals surface area contributed by atoms with Gasteiger partial charge in [-0.1, -0.05) is 6.07 Å². The molecule has 1 spiro atoms. The van der Waals surface area contributed by atoms with Crippen LogP contribution in [-0.2, 0) is 30.9 Å². The van der Waals surface area contributed by atoms with Crippen LogP contribution in [0.4, 0.5) is 0 Å². The fraction of sp³-hybridized carbons (Fsp3) is 0.636. The Morgan fingerprint density at radius 3 is 2.90 bits per heavy atom. The number of rotatable bonds is 4. The van der Waals surface area contributed by atoms with E-state index in [1.807, 2.05) is 6.07 Å². The van der Waals surface area contributed by atoms with Crippen LogP contribution in [0.2, 0.25) is 0 Å². The quantitative estimate of drug-likeness (QED) is 0.563. The molecule has 2 heterocycles. The van der Waals surface area contributed by atoms with Gasteiger partial charge in [0.15, 0.2) is 11.5 Å². The zero-order chi connectivity index (χ0) is 20.3. The molecule has 1 saturated heterocycles. The number of benzene rings is 1. The highest BCUT2D eigenvalue weighted by molar-refractivity contribution is 5.73.